The first-order valence-corrected chi connectivity index (χ1v) is 9.44. The van der Waals surface area contributed by atoms with Crippen molar-refractivity contribution in [3.63, 3.8) is 0 Å². The predicted molar refractivity (Wildman–Crippen MR) is 93.5 cm³/mol. The molecule has 0 spiro atoms. The van der Waals surface area contributed by atoms with Gasteiger partial charge in [0.05, 0.1) is 0 Å². The van der Waals surface area contributed by atoms with Crippen molar-refractivity contribution in [1.29, 1.82) is 0 Å². The largest absolute Gasteiger partial charge is 0.326 e. The summed E-state index contributed by atoms with van der Waals surface area (Å²) in [5.74, 6) is 2.07. The molecule has 0 saturated heterocycles. The molecule has 0 unspecified atom stereocenters. The highest BCUT2D eigenvalue weighted by Gasteiger charge is 2.38. The second kappa shape index (κ2) is 6.64. The van der Waals surface area contributed by atoms with Gasteiger partial charge in [-0.2, -0.15) is 0 Å². The van der Waals surface area contributed by atoms with Crippen LogP contribution in [-0.2, 0) is 4.79 Å². The van der Waals surface area contributed by atoms with Crippen molar-refractivity contribution in [3.05, 3.63) is 29.8 Å². The number of nitrogens with one attached hydrogen (secondary N) is 2. The van der Waals surface area contributed by atoms with Gasteiger partial charge in [-0.3, -0.25) is 4.79 Å². The van der Waals surface area contributed by atoms with Crippen molar-refractivity contribution >= 4 is 11.6 Å². The van der Waals surface area contributed by atoms with Gasteiger partial charge in [-0.25, -0.2) is 0 Å². The van der Waals surface area contributed by atoms with E-state index in [0.717, 1.165) is 24.4 Å². The van der Waals surface area contributed by atoms with E-state index in [2.05, 4.69) is 34.9 Å². The van der Waals surface area contributed by atoms with Crippen molar-refractivity contribution in [2.75, 3.05) is 11.9 Å². The Hall–Kier alpha value is -1.35. The molecule has 3 aliphatic rings. The number of amides is 1. The fourth-order valence-electron chi connectivity index (χ4n) is 3.85. The van der Waals surface area contributed by atoms with Crippen LogP contribution in [-0.4, -0.2) is 18.5 Å². The maximum atomic E-state index is 12.3. The van der Waals surface area contributed by atoms with Crippen molar-refractivity contribution in [1.82, 2.24) is 5.32 Å². The highest BCUT2D eigenvalue weighted by Crippen LogP contribution is 2.42. The number of hydrogen-bond donors (Lipinski definition) is 2. The quantitative estimate of drug-likeness (QED) is 0.831. The number of anilines is 1. The molecule has 3 aliphatic carbocycles. The summed E-state index contributed by atoms with van der Waals surface area (Å²) in [5.41, 5.74) is 2.36. The SMILES string of the molecule is O=C(Nc1ccc([C@@H]2C[C@H]2NCC2CC2)cc1)C1CCCCC1. The van der Waals surface area contributed by atoms with Crippen molar-refractivity contribution in [2.45, 2.75) is 63.3 Å². The van der Waals surface area contributed by atoms with Crippen LogP contribution in [0, 0.1) is 11.8 Å². The Bertz CT molecular complexity index is 543. The predicted octanol–water partition coefficient (Wildman–Crippen LogP) is 4.06. The maximum Gasteiger partial charge on any atom is 0.227 e. The van der Waals surface area contributed by atoms with Crippen LogP contribution in [0.1, 0.15) is 62.8 Å². The molecule has 3 heteroatoms. The van der Waals surface area contributed by atoms with E-state index in [4.69, 9.17) is 0 Å². The van der Waals surface area contributed by atoms with Crippen molar-refractivity contribution in [2.24, 2.45) is 11.8 Å². The van der Waals surface area contributed by atoms with Gasteiger partial charge in [-0.1, -0.05) is 31.4 Å². The number of carbonyl (C=O) groups excluding carboxylic acids is 1. The van der Waals surface area contributed by atoms with Gasteiger partial charge in [-0.05, 0) is 62.3 Å². The molecule has 3 saturated carbocycles. The first-order valence-electron chi connectivity index (χ1n) is 9.44. The standard InChI is InChI=1S/C20H28N2O/c23-20(16-4-2-1-3-5-16)22-17-10-8-15(9-11-17)18-12-19(18)21-13-14-6-7-14/h8-11,14,16,18-19,21H,1-7,12-13H2,(H,22,23)/t18-,19+/m0/s1. The molecule has 0 aliphatic heterocycles. The highest BCUT2D eigenvalue weighted by atomic mass is 16.1. The van der Waals surface area contributed by atoms with Gasteiger partial charge in [0, 0.05) is 23.6 Å². The average molecular weight is 312 g/mol. The van der Waals surface area contributed by atoms with Crippen LogP contribution < -0.4 is 10.6 Å². The molecule has 3 fully saturated rings. The molecule has 1 aromatic carbocycles. The fraction of sp³-hybridized carbons (Fsp3) is 0.650. The first kappa shape index (κ1) is 15.2. The Balaban J connectivity index is 1.27. The summed E-state index contributed by atoms with van der Waals surface area (Å²) < 4.78 is 0. The van der Waals surface area contributed by atoms with Gasteiger partial charge in [0.25, 0.3) is 0 Å². The monoisotopic (exact) mass is 312 g/mol. The molecule has 3 nitrogen and oxygen atoms in total. The van der Waals surface area contributed by atoms with E-state index in [1.54, 1.807) is 0 Å². The minimum Gasteiger partial charge on any atom is -0.326 e. The number of hydrogen-bond acceptors (Lipinski definition) is 2. The lowest BCUT2D eigenvalue weighted by Crippen LogP contribution is -2.24. The zero-order chi connectivity index (χ0) is 15.6. The lowest BCUT2D eigenvalue weighted by molar-refractivity contribution is -0.120. The molecule has 4 rings (SSSR count). The van der Waals surface area contributed by atoms with Crippen LogP contribution in [0.15, 0.2) is 24.3 Å². The topological polar surface area (TPSA) is 41.1 Å². The molecular weight excluding hydrogens is 284 g/mol. The van der Waals surface area contributed by atoms with E-state index in [1.165, 1.54) is 50.6 Å². The Morgan fingerprint density at radius 1 is 1.00 bits per heavy atom. The van der Waals surface area contributed by atoms with Gasteiger partial charge in [-0.15, -0.1) is 0 Å². The zero-order valence-electron chi connectivity index (χ0n) is 13.9. The summed E-state index contributed by atoms with van der Waals surface area (Å²) >= 11 is 0. The van der Waals surface area contributed by atoms with Gasteiger partial charge in [0.1, 0.15) is 0 Å². The number of carbonyl (C=O) groups is 1. The lowest BCUT2D eigenvalue weighted by Gasteiger charge is -2.20. The summed E-state index contributed by atoms with van der Waals surface area (Å²) in [6, 6.07) is 9.22. The van der Waals surface area contributed by atoms with E-state index >= 15 is 0 Å². The molecular formula is C20H28N2O. The average Bonchev–Trinajstić information content (AvgIpc) is 3.49. The summed E-state index contributed by atoms with van der Waals surface area (Å²) in [6.45, 7) is 1.21. The molecule has 1 amide bonds. The molecule has 0 bridgehead atoms. The van der Waals surface area contributed by atoms with Gasteiger partial charge >= 0.3 is 0 Å². The summed E-state index contributed by atoms with van der Waals surface area (Å²) in [5, 5.41) is 6.79. The van der Waals surface area contributed by atoms with Crippen LogP contribution >= 0.6 is 0 Å². The van der Waals surface area contributed by atoms with E-state index in [9.17, 15) is 4.79 Å². The summed E-state index contributed by atoms with van der Waals surface area (Å²) in [7, 11) is 0. The lowest BCUT2D eigenvalue weighted by atomic mass is 9.88. The van der Waals surface area contributed by atoms with Crippen LogP contribution in [0.25, 0.3) is 0 Å². The van der Waals surface area contributed by atoms with Crippen LogP contribution in [0.5, 0.6) is 0 Å². The Morgan fingerprint density at radius 3 is 2.43 bits per heavy atom. The molecule has 0 heterocycles. The third-order valence-corrected chi connectivity index (χ3v) is 5.74. The minimum atomic E-state index is 0.216. The Kier molecular flexibility index (Phi) is 4.39. The summed E-state index contributed by atoms with van der Waals surface area (Å²) in [4.78, 5) is 12.3. The third-order valence-electron chi connectivity index (χ3n) is 5.74. The fourth-order valence-corrected chi connectivity index (χ4v) is 3.85. The van der Waals surface area contributed by atoms with Gasteiger partial charge < -0.3 is 10.6 Å². The second-order valence-corrected chi connectivity index (χ2v) is 7.75. The normalized spacial score (nSPS) is 27.7. The van der Waals surface area contributed by atoms with Gasteiger partial charge in [0.15, 0.2) is 0 Å². The van der Waals surface area contributed by atoms with E-state index < -0.39 is 0 Å². The number of rotatable bonds is 6. The molecule has 2 N–H and O–H groups in total. The van der Waals surface area contributed by atoms with Crippen LogP contribution in [0.4, 0.5) is 5.69 Å². The number of benzene rings is 1. The first-order chi connectivity index (χ1) is 11.3. The van der Waals surface area contributed by atoms with Crippen LogP contribution in [0.2, 0.25) is 0 Å². The molecule has 0 radical (unpaired) electrons. The Labute approximate surface area is 139 Å². The highest BCUT2D eigenvalue weighted by molar-refractivity contribution is 5.92. The maximum absolute atomic E-state index is 12.3. The summed E-state index contributed by atoms with van der Waals surface area (Å²) in [6.07, 6.45) is 9.90. The van der Waals surface area contributed by atoms with Crippen molar-refractivity contribution in [3.8, 4) is 0 Å². The van der Waals surface area contributed by atoms with Gasteiger partial charge in [0.2, 0.25) is 5.91 Å². The molecule has 23 heavy (non-hydrogen) atoms. The molecule has 1 aromatic rings. The van der Waals surface area contributed by atoms with E-state index in [1.807, 2.05) is 0 Å². The molecule has 124 valence electrons. The smallest absolute Gasteiger partial charge is 0.227 e. The Morgan fingerprint density at radius 2 is 1.74 bits per heavy atom. The van der Waals surface area contributed by atoms with E-state index in [-0.39, 0.29) is 11.8 Å². The molecule has 2 atom stereocenters. The van der Waals surface area contributed by atoms with Crippen molar-refractivity contribution < 1.29 is 4.79 Å². The van der Waals surface area contributed by atoms with Crippen LogP contribution in [0.3, 0.4) is 0 Å². The molecule has 0 aromatic heterocycles. The second-order valence-electron chi connectivity index (χ2n) is 7.75. The third kappa shape index (κ3) is 3.95. The minimum absolute atomic E-state index is 0.216. The zero-order valence-corrected chi connectivity index (χ0v) is 13.9. The van der Waals surface area contributed by atoms with E-state index in [0.29, 0.717) is 12.0 Å².